The molecule has 0 spiro atoms. The van der Waals surface area contributed by atoms with Crippen LogP contribution in [0.2, 0.25) is 15.1 Å². The molecule has 6 rings (SSSR count). The number of carbonyl (C=O) groups excluding carboxylic acids is 1. The normalized spacial score (nSPS) is 17.1. The van der Waals surface area contributed by atoms with Crippen LogP contribution in [0.4, 0.5) is 0 Å². The highest BCUT2D eigenvalue weighted by Gasteiger charge is 2.24. The van der Waals surface area contributed by atoms with Gasteiger partial charge in [0.25, 0.3) is 0 Å². The minimum Gasteiger partial charge on any atom is -0.481 e. The Morgan fingerprint density at radius 3 is 2.65 bits per heavy atom. The summed E-state index contributed by atoms with van der Waals surface area (Å²) in [6, 6.07) is 15.7. The number of hydrogen-bond donors (Lipinski definition) is 3. The number of amides is 1. The number of rotatable bonds is 10. The van der Waals surface area contributed by atoms with E-state index in [4.69, 9.17) is 44.5 Å². The summed E-state index contributed by atoms with van der Waals surface area (Å²) in [6.07, 6.45) is 3.57. The number of aromatic nitrogens is 2. The number of ether oxygens (including phenoxy) is 1. The molecule has 2 aliphatic rings. The predicted octanol–water partition coefficient (Wildman–Crippen LogP) is 6.55. The van der Waals surface area contributed by atoms with Gasteiger partial charge in [0.05, 0.1) is 34.6 Å². The second-order valence-corrected chi connectivity index (χ2v) is 13.1. The third kappa shape index (κ3) is 7.03. The lowest BCUT2D eigenvalue weighted by Gasteiger charge is -2.30. The van der Waals surface area contributed by atoms with E-state index in [9.17, 15) is 9.90 Å². The second kappa shape index (κ2) is 14.3. The first-order valence-corrected chi connectivity index (χ1v) is 16.5. The third-order valence-electron chi connectivity index (χ3n) is 8.54. The molecule has 46 heavy (non-hydrogen) atoms. The largest absolute Gasteiger partial charge is 0.481 e. The van der Waals surface area contributed by atoms with E-state index in [2.05, 4.69) is 26.6 Å². The molecule has 0 saturated carbocycles. The summed E-state index contributed by atoms with van der Waals surface area (Å²) in [6.45, 7) is 5.18. The molecule has 8 nitrogen and oxygen atoms in total. The number of fused-ring (bicyclic) bond motifs is 1. The first kappa shape index (κ1) is 32.7. The highest BCUT2D eigenvalue weighted by molar-refractivity contribution is 6.39. The van der Waals surface area contributed by atoms with Crippen molar-refractivity contribution in [2.75, 3.05) is 26.7 Å². The van der Waals surface area contributed by atoms with Crippen molar-refractivity contribution in [1.82, 2.24) is 25.5 Å². The fourth-order valence-electron chi connectivity index (χ4n) is 6.27. The molecule has 2 aromatic heterocycles. The Morgan fingerprint density at radius 2 is 1.89 bits per heavy atom. The number of hydrogen-bond acceptors (Lipinski definition) is 7. The van der Waals surface area contributed by atoms with Crippen LogP contribution >= 0.6 is 34.8 Å². The fraction of sp³-hybridized carbons (Fsp3) is 0.343. The standard InChI is InChI=1S/C35H36Cl3N5O3/c1-20(44)18-43-13-11-21-14-23(15-29(36)28(21)19-43)34-33(38)26(10-12-40-34)25-4-3-5-27(32(25)37)30-8-6-22(35(42-30)46-2)16-39-17-24-7-9-31(45)41-24/h3-6,8,10,12,14-15,20,24,39,44H,7,9,11,13,16-19H2,1-2H3,(H,41,45)/t20-,24-/m1/s1. The molecule has 2 atom stereocenters. The molecular weight excluding hydrogens is 645 g/mol. The number of methoxy groups -OCH3 is 1. The van der Waals surface area contributed by atoms with Crippen molar-refractivity contribution in [2.24, 2.45) is 0 Å². The Bertz CT molecular complexity index is 1770. The van der Waals surface area contributed by atoms with E-state index in [1.807, 2.05) is 42.5 Å². The number of nitrogens with zero attached hydrogens (tertiary/aromatic N) is 3. The van der Waals surface area contributed by atoms with E-state index >= 15 is 0 Å². The highest BCUT2D eigenvalue weighted by atomic mass is 35.5. The van der Waals surface area contributed by atoms with Gasteiger partial charge < -0.3 is 20.5 Å². The van der Waals surface area contributed by atoms with Gasteiger partial charge in [0.2, 0.25) is 11.8 Å². The lowest BCUT2D eigenvalue weighted by molar-refractivity contribution is -0.119. The number of aliphatic hydroxyl groups excluding tert-OH is 1. The van der Waals surface area contributed by atoms with Gasteiger partial charge >= 0.3 is 0 Å². The quantitative estimate of drug-likeness (QED) is 0.175. The van der Waals surface area contributed by atoms with Gasteiger partial charge in [0, 0.05) is 84.2 Å². The van der Waals surface area contributed by atoms with E-state index in [1.54, 1.807) is 20.2 Å². The van der Waals surface area contributed by atoms with Gasteiger partial charge in [-0.3, -0.25) is 14.7 Å². The molecule has 0 bridgehead atoms. The SMILES string of the molecule is COc1nc(-c2cccc(-c3ccnc(-c4cc(Cl)c5c(c4)CCN(C[C@@H](C)O)C5)c3Cl)c2Cl)ccc1CNC[C@H]1CCC(=O)N1. The molecule has 2 aromatic carbocycles. The molecule has 0 radical (unpaired) electrons. The molecule has 1 fully saturated rings. The minimum atomic E-state index is -0.394. The number of halogens is 3. The minimum absolute atomic E-state index is 0.101. The maximum absolute atomic E-state index is 11.5. The fourth-order valence-corrected chi connectivity index (χ4v) is 7.22. The summed E-state index contributed by atoms with van der Waals surface area (Å²) in [5.41, 5.74) is 7.56. The number of benzene rings is 2. The second-order valence-electron chi connectivity index (χ2n) is 11.9. The van der Waals surface area contributed by atoms with E-state index < -0.39 is 6.10 Å². The van der Waals surface area contributed by atoms with Crippen molar-refractivity contribution >= 4 is 40.7 Å². The van der Waals surface area contributed by atoms with E-state index in [-0.39, 0.29) is 11.9 Å². The number of carbonyl (C=O) groups is 1. The molecule has 4 aromatic rings. The Hall–Kier alpha value is -3.24. The van der Waals surface area contributed by atoms with Crippen LogP contribution < -0.4 is 15.4 Å². The van der Waals surface area contributed by atoms with Crippen molar-refractivity contribution < 1.29 is 14.6 Å². The number of pyridine rings is 2. The van der Waals surface area contributed by atoms with Crippen molar-refractivity contribution in [2.45, 2.75) is 51.4 Å². The van der Waals surface area contributed by atoms with E-state index in [0.717, 1.165) is 58.3 Å². The van der Waals surface area contributed by atoms with Crippen molar-refractivity contribution in [1.29, 1.82) is 0 Å². The van der Waals surface area contributed by atoms with Crippen LogP contribution in [-0.2, 0) is 24.3 Å². The van der Waals surface area contributed by atoms with E-state index in [0.29, 0.717) is 64.9 Å². The van der Waals surface area contributed by atoms with Crippen LogP contribution in [-0.4, -0.2) is 64.8 Å². The van der Waals surface area contributed by atoms with Gasteiger partial charge in [-0.2, -0.15) is 0 Å². The zero-order valence-electron chi connectivity index (χ0n) is 25.7. The maximum atomic E-state index is 11.5. The Balaban J connectivity index is 1.26. The van der Waals surface area contributed by atoms with Gasteiger partial charge in [-0.15, -0.1) is 0 Å². The summed E-state index contributed by atoms with van der Waals surface area (Å²) in [4.78, 5) is 23.1. The summed E-state index contributed by atoms with van der Waals surface area (Å²) in [7, 11) is 1.60. The molecule has 240 valence electrons. The van der Waals surface area contributed by atoms with Crippen LogP contribution in [0, 0.1) is 0 Å². The summed E-state index contributed by atoms with van der Waals surface area (Å²) in [5.74, 6) is 0.605. The Labute approximate surface area is 284 Å². The molecule has 0 unspecified atom stereocenters. The average molecular weight is 681 g/mol. The molecule has 3 N–H and O–H groups in total. The first-order chi connectivity index (χ1) is 22.2. The van der Waals surface area contributed by atoms with E-state index in [1.165, 1.54) is 0 Å². The molecule has 0 aliphatic carbocycles. The topological polar surface area (TPSA) is 99.6 Å². The zero-order chi connectivity index (χ0) is 32.4. The highest BCUT2D eigenvalue weighted by Crippen LogP contribution is 2.42. The van der Waals surface area contributed by atoms with Crippen LogP contribution in [0.15, 0.2) is 54.7 Å². The monoisotopic (exact) mass is 679 g/mol. The smallest absolute Gasteiger partial charge is 0.220 e. The van der Waals surface area contributed by atoms with Gasteiger partial charge in [0.15, 0.2) is 0 Å². The van der Waals surface area contributed by atoms with Crippen molar-refractivity contribution in [3.63, 3.8) is 0 Å². The van der Waals surface area contributed by atoms with Crippen LogP contribution in [0.3, 0.4) is 0 Å². The number of aliphatic hydroxyl groups is 1. The summed E-state index contributed by atoms with van der Waals surface area (Å²) >= 11 is 20.9. The lowest BCUT2D eigenvalue weighted by Crippen LogP contribution is -2.35. The molecule has 2 aliphatic heterocycles. The summed E-state index contributed by atoms with van der Waals surface area (Å²) < 4.78 is 5.64. The van der Waals surface area contributed by atoms with Crippen molar-refractivity contribution in [3.8, 4) is 39.5 Å². The van der Waals surface area contributed by atoms with Crippen LogP contribution in [0.5, 0.6) is 5.88 Å². The molecule has 11 heteroatoms. The Morgan fingerprint density at radius 1 is 1.09 bits per heavy atom. The van der Waals surface area contributed by atoms with Crippen LogP contribution in [0.25, 0.3) is 33.6 Å². The van der Waals surface area contributed by atoms with Gasteiger partial charge in [-0.1, -0.05) is 59.1 Å². The Kier molecular flexibility index (Phi) is 10.1. The molecule has 1 amide bonds. The predicted molar refractivity (Wildman–Crippen MR) is 183 cm³/mol. The van der Waals surface area contributed by atoms with Crippen LogP contribution in [0.1, 0.15) is 36.5 Å². The van der Waals surface area contributed by atoms with Gasteiger partial charge in [0.1, 0.15) is 0 Å². The van der Waals surface area contributed by atoms with Gasteiger partial charge in [-0.05, 0) is 55.2 Å². The molecule has 1 saturated heterocycles. The number of β-amino-alcohol motifs (C(OH)–C–C–N with tert-alkyl or cyclic N) is 1. The van der Waals surface area contributed by atoms with Crippen molar-refractivity contribution in [3.05, 3.63) is 86.5 Å². The van der Waals surface area contributed by atoms with Gasteiger partial charge in [-0.25, -0.2) is 4.98 Å². The maximum Gasteiger partial charge on any atom is 0.220 e. The third-order valence-corrected chi connectivity index (χ3v) is 9.67. The lowest BCUT2D eigenvalue weighted by atomic mass is 9.94. The average Bonchev–Trinajstić information content (AvgIpc) is 3.46. The first-order valence-electron chi connectivity index (χ1n) is 15.4. The number of nitrogens with one attached hydrogen (secondary N) is 2. The summed E-state index contributed by atoms with van der Waals surface area (Å²) in [5, 5.41) is 17.9. The zero-order valence-corrected chi connectivity index (χ0v) is 28.0. The molecule has 4 heterocycles. The molecular formula is C35H36Cl3N5O3.